The molecule has 1 aromatic rings. The van der Waals surface area contributed by atoms with E-state index in [1.807, 2.05) is 29.3 Å². The standard InChI is InChI=1S/C11H21N5S/c1-5-16(6-2)10(12)13-7-9-8-17-11(14-9)15(3)4/h8H,5-7H2,1-4H3,(H2,12,13). The van der Waals surface area contributed by atoms with E-state index in [0.29, 0.717) is 12.5 Å². The number of hydrogen-bond donors (Lipinski definition) is 1. The van der Waals surface area contributed by atoms with Crippen LogP contribution in [0, 0.1) is 0 Å². The molecule has 0 fully saturated rings. The van der Waals surface area contributed by atoms with Crippen molar-refractivity contribution in [1.29, 1.82) is 0 Å². The van der Waals surface area contributed by atoms with Gasteiger partial charge in [-0.2, -0.15) is 0 Å². The van der Waals surface area contributed by atoms with Crippen molar-refractivity contribution in [2.45, 2.75) is 20.4 Å². The van der Waals surface area contributed by atoms with E-state index in [9.17, 15) is 0 Å². The van der Waals surface area contributed by atoms with Gasteiger partial charge in [-0.25, -0.2) is 9.98 Å². The van der Waals surface area contributed by atoms with Crippen LogP contribution in [0.4, 0.5) is 5.13 Å². The van der Waals surface area contributed by atoms with Gasteiger partial charge in [-0.05, 0) is 13.8 Å². The first kappa shape index (κ1) is 13.8. The maximum atomic E-state index is 5.89. The third kappa shape index (κ3) is 3.89. The quantitative estimate of drug-likeness (QED) is 0.637. The average Bonchev–Trinajstić information content (AvgIpc) is 2.76. The Labute approximate surface area is 107 Å². The number of anilines is 1. The first-order chi connectivity index (χ1) is 8.08. The molecule has 1 aromatic heterocycles. The summed E-state index contributed by atoms with van der Waals surface area (Å²) in [4.78, 5) is 12.8. The van der Waals surface area contributed by atoms with Crippen molar-refractivity contribution in [3.8, 4) is 0 Å². The van der Waals surface area contributed by atoms with Crippen LogP contribution in [0.1, 0.15) is 19.5 Å². The van der Waals surface area contributed by atoms with E-state index in [2.05, 4.69) is 23.8 Å². The fraction of sp³-hybridized carbons (Fsp3) is 0.636. The van der Waals surface area contributed by atoms with Crippen molar-refractivity contribution < 1.29 is 0 Å². The lowest BCUT2D eigenvalue weighted by atomic mass is 10.5. The predicted octanol–water partition coefficient (Wildman–Crippen LogP) is 1.37. The van der Waals surface area contributed by atoms with E-state index in [1.54, 1.807) is 11.3 Å². The monoisotopic (exact) mass is 255 g/mol. The average molecular weight is 255 g/mol. The van der Waals surface area contributed by atoms with Gasteiger partial charge in [0.25, 0.3) is 0 Å². The molecule has 0 aromatic carbocycles. The molecule has 0 aliphatic rings. The maximum Gasteiger partial charge on any atom is 0.191 e. The molecule has 0 aliphatic carbocycles. The van der Waals surface area contributed by atoms with Gasteiger partial charge in [-0.3, -0.25) is 0 Å². The summed E-state index contributed by atoms with van der Waals surface area (Å²) in [6, 6.07) is 0. The van der Waals surface area contributed by atoms with E-state index in [1.165, 1.54) is 0 Å². The molecular formula is C11H21N5S. The van der Waals surface area contributed by atoms with E-state index < -0.39 is 0 Å². The Kier molecular flexibility index (Phi) is 5.21. The zero-order valence-corrected chi connectivity index (χ0v) is 11.8. The van der Waals surface area contributed by atoms with Crippen molar-refractivity contribution in [2.75, 3.05) is 32.1 Å². The summed E-state index contributed by atoms with van der Waals surface area (Å²) in [6.07, 6.45) is 0. The van der Waals surface area contributed by atoms with Crippen LogP contribution < -0.4 is 10.6 Å². The lowest BCUT2D eigenvalue weighted by molar-refractivity contribution is 0.458. The molecule has 0 unspecified atom stereocenters. The number of thiazole rings is 1. The number of hydrogen-bond acceptors (Lipinski definition) is 4. The van der Waals surface area contributed by atoms with Crippen LogP contribution in [-0.4, -0.2) is 43.0 Å². The molecule has 17 heavy (non-hydrogen) atoms. The molecule has 5 nitrogen and oxygen atoms in total. The van der Waals surface area contributed by atoms with E-state index in [-0.39, 0.29) is 0 Å². The lowest BCUT2D eigenvalue weighted by Crippen LogP contribution is -2.37. The van der Waals surface area contributed by atoms with Crippen LogP contribution in [0.15, 0.2) is 10.4 Å². The highest BCUT2D eigenvalue weighted by Gasteiger charge is 2.05. The van der Waals surface area contributed by atoms with Crippen LogP contribution in [0.2, 0.25) is 0 Å². The lowest BCUT2D eigenvalue weighted by Gasteiger charge is -2.19. The van der Waals surface area contributed by atoms with Crippen LogP contribution in [0.25, 0.3) is 0 Å². The maximum absolute atomic E-state index is 5.89. The summed E-state index contributed by atoms with van der Waals surface area (Å²) < 4.78 is 0. The molecule has 0 aliphatic heterocycles. The van der Waals surface area contributed by atoms with Gasteiger partial charge in [0.1, 0.15) is 0 Å². The molecular weight excluding hydrogens is 234 g/mol. The van der Waals surface area contributed by atoms with Gasteiger partial charge in [-0.1, -0.05) is 0 Å². The molecule has 0 saturated carbocycles. The molecule has 6 heteroatoms. The van der Waals surface area contributed by atoms with Crippen LogP contribution in [-0.2, 0) is 6.54 Å². The largest absolute Gasteiger partial charge is 0.370 e. The molecule has 0 radical (unpaired) electrons. The molecule has 2 N–H and O–H groups in total. The topological polar surface area (TPSA) is 57.8 Å². The number of guanidine groups is 1. The second kappa shape index (κ2) is 6.44. The number of nitrogens with two attached hydrogens (primary N) is 1. The highest BCUT2D eigenvalue weighted by Crippen LogP contribution is 2.18. The highest BCUT2D eigenvalue weighted by atomic mass is 32.1. The SMILES string of the molecule is CCN(CC)C(N)=NCc1csc(N(C)C)n1. The van der Waals surface area contributed by atoms with Crippen LogP contribution in [0.3, 0.4) is 0 Å². The highest BCUT2D eigenvalue weighted by molar-refractivity contribution is 7.13. The Hall–Kier alpha value is -1.30. The smallest absolute Gasteiger partial charge is 0.191 e. The van der Waals surface area contributed by atoms with Gasteiger partial charge < -0.3 is 15.5 Å². The van der Waals surface area contributed by atoms with Crippen molar-refractivity contribution in [3.63, 3.8) is 0 Å². The van der Waals surface area contributed by atoms with E-state index >= 15 is 0 Å². The van der Waals surface area contributed by atoms with Gasteiger partial charge in [0.15, 0.2) is 11.1 Å². The van der Waals surface area contributed by atoms with Crippen molar-refractivity contribution in [3.05, 3.63) is 11.1 Å². The minimum Gasteiger partial charge on any atom is -0.370 e. The first-order valence-corrected chi connectivity index (χ1v) is 6.63. The third-order valence-electron chi connectivity index (χ3n) is 2.41. The summed E-state index contributed by atoms with van der Waals surface area (Å²) >= 11 is 1.62. The Morgan fingerprint density at radius 1 is 1.41 bits per heavy atom. The van der Waals surface area contributed by atoms with Crippen molar-refractivity contribution in [2.24, 2.45) is 10.7 Å². The Morgan fingerprint density at radius 2 is 2.06 bits per heavy atom. The van der Waals surface area contributed by atoms with Gasteiger partial charge in [0.2, 0.25) is 0 Å². The molecule has 0 amide bonds. The molecule has 96 valence electrons. The Bertz CT molecular complexity index is 368. The second-order valence-electron chi connectivity index (χ2n) is 3.86. The molecule has 0 atom stereocenters. The molecule has 0 saturated heterocycles. The number of nitrogens with zero attached hydrogens (tertiary/aromatic N) is 4. The van der Waals surface area contributed by atoms with E-state index in [4.69, 9.17) is 5.73 Å². The summed E-state index contributed by atoms with van der Waals surface area (Å²) in [7, 11) is 3.96. The third-order valence-corrected chi connectivity index (χ3v) is 3.47. The first-order valence-electron chi connectivity index (χ1n) is 5.75. The van der Waals surface area contributed by atoms with Gasteiger partial charge in [-0.15, -0.1) is 11.3 Å². The number of aliphatic imine (C=N–C) groups is 1. The van der Waals surface area contributed by atoms with Crippen molar-refractivity contribution >= 4 is 22.4 Å². The minimum atomic E-state index is 0.548. The summed E-state index contributed by atoms with van der Waals surface area (Å²) in [5.41, 5.74) is 6.86. The fourth-order valence-electron chi connectivity index (χ4n) is 1.38. The van der Waals surface area contributed by atoms with Crippen LogP contribution in [0.5, 0.6) is 0 Å². The summed E-state index contributed by atoms with van der Waals surface area (Å²) in [5.74, 6) is 0.592. The number of aromatic nitrogens is 1. The van der Waals surface area contributed by atoms with Gasteiger partial charge >= 0.3 is 0 Å². The number of rotatable bonds is 5. The molecule has 1 heterocycles. The Morgan fingerprint density at radius 3 is 2.53 bits per heavy atom. The Balaban J connectivity index is 2.62. The fourth-order valence-corrected chi connectivity index (χ4v) is 2.13. The zero-order chi connectivity index (χ0) is 12.8. The molecule has 1 rings (SSSR count). The second-order valence-corrected chi connectivity index (χ2v) is 4.70. The minimum absolute atomic E-state index is 0.548. The summed E-state index contributed by atoms with van der Waals surface area (Å²) in [5, 5.41) is 3.02. The van der Waals surface area contributed by atoms with Crippen molar-refractivity contribution in [1.82, 2.24) is 9.88 Å². The molecule has 0 bridgehead atoms. The normalized spacial score (nSPS) is 11.6. The summed E-state index contributed by atoms with van der Waals surface area (Å²) in [6.45, 7) is 6.45. The van der Waals surface area contributed by atoms with Gasteiger partial charge in [0.05, 0.1) is 12.2 Å². The molecule has 0 spiro atoms. The van der Waals surface area contributed by atoms with Crippen LogP contribution >= 0.6 is 11.3 Å². The predicted molar refractivity (Wildman–Crippen MR) is 74.7 cm³/mol. The van der Waals surface area contributed by atoms with Gasteiger partial charge in [0, 0.05) is 32.6 Å². The zero-order valence-electron chi connectivity index (χ0n) is 11.0. The van der Waals surface area contributed by atoms with E-state index in [0.717, 1.165) is 23.9 Å².